The van der Waals surface area contributed by atoms with Crippen molar-refractivity contribution < 1.29 is 14.3 Å². The van der Waals surface area contributed by atoms with Gasteiger partial charge in [0, 0.05) is 6.54 Å². The van der Waals surface area contributed by atoms with Gasteiger partial charge in [-0.1, -0.05) is 40.0 Å². The molecule has 0 spiro atoms. The fraction of sp³-hybridized carbons (Fsp3) is 0.947. The van der Waals surface area contributed by atoms with Crippen LogP contribution in [0.3, 0.4) is 0 Å². The molecule has 4 nitrogen and oxygen atoms in total. The van der Waals surface area contributed by atoms with Gasteiger partial charge in [0.25, 0.3) is 0 Å². The molecule has 0 aliphatic carbocycles. The van der Waals surface area contributed by atoms with Crippen molar-refractivity contribution in [3.8, 4) is 0 Å². The number of unbranched alkanes of at least 4 members (excludes halogenated alkanes) is 1. The maximum absolute atomic E-state index is 12.2. The Morgan fingerprint density at radius 1 is 1.26 bits per heavy atom. The summed E-state index contributed by atoms with van der Waals surface area (Å²) in [4.78, 5) is 14.1. The Morgan fingerprint density at radius 2 is 1.96 bits per heavy atom. The molecule has 1 amide bonds. The van der Waals surface area contributed by atoms with E-state index in [0.717, 1.165) is 32.4 Å². The fourth-order valence-corrected chi connectivity index (χ4v) is 3.03. The lowest BCUT2D eigenvalue weighted by atomic mass is 9.97. The summed E-state index contributed by atoms with van der Waals surface area (Å²) >= 11 is 0. The van der Waals surface area contributed by atoms with Gasteiger partial charge in [0.2, 0.25) is 0 Å². The molecule has 0 bridgehead atoms. The van der Waals surface area contributed by atoms with E-state index in [0.29, 0.717) is 12.5 Å². The molecule has 1 saturated heterocycles. The first kappa shape index (κ1) is 20.3. The zero-order valence-corrected chi connectivity index (χ0v) is 16.1. The topological polar surface area (TPSA) is 38.8 Å². The highest BCUT2D eigenvalue weighted by Crippen LogP contribution is 2.31. The average molecular weight is 328 g/mol. The number of ether oxygens (including phenoxy) is 2. The summed E-state index contributed by atoms with van der Waals surface area (Å²) in [6, 6.07) is 0. The maximum Gasteiger partial charge on any atom is 0.410 e. The van der Waals surface area contributed by atoms with Crippen LogP contribution in [0.1, 0.15) is 80.1 Å². The number of likely N-dealkylation sites (tertiary alicyclic amines) is 1. The van der Waals surface area contributed by atoms with Crippen LogP contribution in [0.2, 0.25) is 0 Å². The first-order chi connectivity index (χ1) is 10.7. The van der Waals surface area contributed by atoms with Gasteiger partial charge in [-0.25, -0.2) is 4.79 Å². The van der Waals surface area contributed by atoms with Gasteiger partial charge < -0.3 is 14.4 Å². The fourth-order valence-electron chi connectivity index (χ4n) is 3.03. The molecule has 0 aromatic rings. The molecule has 1 fully saturated rings. The molecule has 1 aliphatic rings. The molecule has 4 heteroatoms. The van der Waals surface area contributed by atoms with Crippen molar-refractivity contribution in [3.63, 3.8) is 0 Å². The van der Waals surface area contributed by atoms with Crippen molar-refractivity contribution in [2.24, 2.45) is 5.92 Å². The van der Waals surface area contributed by atoms with Crippen LogP contribution in [-0.4, -0.2) is 41.9 Å². The van der Waals surface area contributed by atoms with Crippen LogP contribution in [-0.2, 0) is 9.47 Å². The van der Waals surface area contributed by atoms with Crippen molar-refractivity contribution in [1.82, 2.24) is 4.90 Å². The van der Waals surface area contributed by atoms with Crippen LogP contribution in [0.25, 0.3) is 0 Å². The number of nitrogens with zero attached hydrogens (tertiary/aromatic N) is 1. The minimum Gasteiger partial charge on any atom is -0.444 e. The monoisotopic (exact) mass is 327 g/mol. The third-order valence-corrected chi connectivity index (χ3v) is 4.78. The Labute approximate surface area is 142 Å². The molecule has 0 radical (unpaired) electrons. The standard InChI is InChI=1S/C19H37NO3/c1-7-10-11-16(8-2)14-22-19(9-3)12-13-20(15-19)17(21)23-18(4,5)6/h16H,7-15H2,1-6H3. The molecule has 2 atom stereocenters. The highest BCUT2D eigenvalue weighted by Gasteiger charge is 2.41. The summed E-state index contributed by atoms with van der Waals surface area (Å²) in [6.45, 7) is 14.5. The van der Waals surface area contributed by atoms with Gasteiger partial charge in [-0.05, 0) is 46.0 Å². The van der Waals surface area contributed by atoms with Gasteiger partial charge in [0.05, 0.1) is 18.8 Å². The van der Waals surface area contributed by atoms with Crippen molar-refractivity contribution in [2.75, 3.05) is 19.7 Å². The lowest BCUT2D eigenvalue weighted by Crippen LogP contribution is -2.41. The van der Waals surface area contributed by atoms with Gasteiger partial charge >= 0.3 is 6.09 Å². The van der Waals surface area contributed by atoms with E-state index in [1.165, 1.54) is 19.3 Å². The van der Waals surface area contributed by atoms with E-state index in [2.05, 4.69) is 20.8 Å². The molecule has 136 valence electrons. The van der Waals surface area contributed by atoms with Crippen LogP contribution in [0.15, 0.2) is 0 Å². The predicted octanol–water partition coefficient (Wildman–Crippen LogP) is 5.01. The van der Waals surface area contributed by atoms with Crippen LogP contribution in [0.5, 0.6) is 0 Å². The predicted molar refractivity (Wildman–Crippen MR) is 94.7 cm³/mol. The summed E-state index contributed by atoms with van der Waals surface area (Å²) < 4.78 is 11.8. The van der Waals surface area contributed by atoms with Crippen molar-refractivity contribution >= 4 is 6.09 Å². The second kappa shape index (κ2) is 8.91. The SMILES string of the molecule is CCCCC(CC)COC1(CC)CCN(C(=O)OC(C)(C)C)C1. The quantitative estimate of drug-likeness (QED) is 0.629. The Hall–Kier alpha value is -0.770. The summed E-state index contributed by atoms with van der Waals surface area (Å²) in [7, 11) is 0. The van der Waals surface area contributed by atoms with E-state index in [4.69, 9.17) is 9.47 Å². The molecule has 0 saturated carbocycles. The molecule has 0 aromatic heterocycles. The third kappa shape index (κ3) is 6.70. The molecule has 2 unspecified atom stereocenters. The largest absolute Gasteiger partial charge is 0.444 e. The van der Waals surface area contributed by atoms with Crippen LogP contribution in [0.4, 0.5) is 4.79 Å². The van der Waals surface area contributed by atoms with E-state index in [1.807, 2.05) is 25.7 Å². The number of hydrogen-bond acceptors (Lipinski definition) is 3. The van der Waals surface area contributed by atoms with Crippen molar-refractivity contribution in [2.45, 2.75) is 91.3 Å². The van der Waals surface area contributed by atoms with E-state index < -0.39 is 5.60 Å². The van der Waals surface area contributed by atoms with E-state index in [1.54, 1.807) is 0 Å². The normalized spacial score (nSPS) is 23.1. The average Bonchev–Trinajstić information content (AvgIpc) is 2.91. The number of carbonyl (C=O) groups excluding carboxylic acids is 1. The molecule has 23 heavy (non-hydrogen) atoms. The van der Waals surface area contributed by atoms with Crippen LogP contribution in [0, 0.1) is 5.92 Å². The smallest absolute Gasteiger partial charge is 0.410 e. The van der Waals surface area contributed by atoms with Gasteiger partial charge in [-0.15, -0.1) is 0 Å². The third-order valence-electron chi connectivity index (χ3n) is 4.78. The summed E-state index contributed by atoms with van der Waals surface area (Å²) in [5.41, 5.74) is -0.626. The second-order valence-corrected chi connectivity index (χ2v) is 7.92. The lowest BCUT2D eigenvalue weighted by molar-refractivity contribution is -0.0586. The van der Waals surface area contributed by atoms with Crippen LogP contribution >= 0.6 is 0 Å². The van der Waals surface area contributed by atoms with Crippen LogP contribution < -0.4 is 0 Å². The first-order valence-electron chi connectivity index (χ1n) is 9.37. The summed E-state index contributed by atoms with van der Waals surface area (Å²) in [6.07, 6.45) is 6.54. The van der Waals surface area contributed by atoms with E-state index in [9.17, 15) is 4.79 Å². The number of rotatable bonds is 8. The molecule has 0 aromatic carbocycles. The minimum absolute atomic E-state index is 0.184. The molecular weight excluding hydrogens is 290 g/mol. The van der Waals surface area contributed by atoms with Gasteiger partial charge in [-0.3, -0.25) is 0 Å². The molecule has 1 aliphatic heterocycles. The first-order valence-corrected chi connectivity index (χ1v) is 9.37. The highest BCUT2D eigenvalue weighted by atomic mass is 16.6. The van der Waals surface area contributed by atoms with E-state index >= 15 is 0 Å². The van der Waals surface area contributed by atoms with Gasteiger partial charge in [-0.2, -0.15) is 0 Å². The molecule has 1 heterocycles. The molecular formula is C19H37NO3. The maximum atomic E-state index is 12.2. The Kier molecular flexibility index (Phi) is 7.85. The Bertz CT molecular complexity index is 364. The van der Waals surface area contributed by atoms with Crippen molar-refractivity contribution in [3.05, 3.63) is 0 Å². The zero-order valence-electron chi connectivity index (χ0n) is 16.1. The second-order valence-electron chi connectivity index (χ2n) is 7.92. The number of hydrogen-bond donors (Lipinski definition) is 0. The summed E-state index contributed by atoms with van der Waals surface area (Å²) in [5.74, 6) is 0.633. The molecule has 1 rings (SSSR count). The minimum atomic E-state index is -0.442. The highest BCUT2D eigenvalue weighted by molar-refractivity contribution is 5.68. The van der Waals surface area contributed by atoms with Crippen molar-refractivity contribution in [1.29, 1.82) is 0 Å². The Morgan fingerprint density at radius 3 is 2.48 bits per heavy atom. The van der Waals surface area contributed by atoms with Gasteiger partial charge in [0.1, 0.15) is 5.60 Å². The van der Waals surface area contributed by atoms with E-state index in [-0.39, 0.29) is 11.7 Å². The lowest BCUT2D eigenvalue weighted by Gasteiger charge is -2.31. The summed E-state index contributed by atoms with van der Waals surface area (Å²) in [5, 5.41) is 0. The Balaban J connectivity index is 2.54. The number of carbonyl (C=O) groups is 1. The molecule has 0 N–H and O–H groups in total. The van der Waals surface area contributed by atoms with Gasteiger partial charge in [0.15, 0.2) is 0 Å². The zero-order chi connectivity index (χ0) is 17.5. The number of amides is 1.